The Balaban J connectivity index is 2.32. The Morgan fingerprint density at radius 1 is 1.40 bits per heavy atom. The molecule has 6 heteroatoms. The number of aromatic nitrogens is 2. The first kappa shape index (κ1) is 15.3. The van der Waals surface area contributed by atoms with E-state index in [1.165, 1.54) is 18.2 Å². The molecule has 1 aromatic carbocycles. The third-order valence-corrected chi connectivity index (χ3v) is 3.88. The van der Waals surface area contributed by atoms with Gasteiger partial charge in [0.1, 0.15) is 5.82 Å². The van der Waals surface area contributed by atoms with Gasteiger partial charge in [-0.25, -0.2) is 4.39 Å². The van der Waals surface area contributed by atoms with Crippen molar-refractivity contribution in [2.24, 2.45) is 0 Å². The monoisotopic (exact) mass is 316 g/mol. The summed E-state index contributed by atoms with van der Waals surface area (Å²) in [6.45, 7) is 4.36. The second-order valence-electron chi connectivity index (χ2n) is 4.55. The zero-order valence-electron chi connectivity index (χ0n) is 11.2. The van der Waals surface area contributed by atoms with Gasteiger partial charge >= 0.3 is 0 Å². The number of hydrogen-bond acceptors (Lipinski definition) is 2. The third kappa shape index (κ3) is 2.97. The molecule has 0 saturated heterocycles. The summed E-state index contributed by atoms with van der Waals surface area (Å²) in [4.78, 5) is 0. The van der Waals surface area contributed by atoms with E-state index in [1.54, 1.807) is 11.6 Å². The zero-order chi connectivity index (χ0) is 14.9. The lowest BCUT2D eigenvalue weighted by molar-refractivity contribution is 0.170. The molecule has 20 heavy (non-hydrogen) atoms. The number of rotatable bonds is 4. The number of hydrogen-bond donors (Lipinski definition) is 1. The van der Waals surface area contributed by atoms with E-state index in [0.717, 1.165) is 0 Å². The fourth-order valence-electron chi connectivity index (χ4n) is 2.13. The molecule has 1 heterocycles. The fourth-order valence-corrected chi connectivity index (χ4v) is 2.52. The number of aliphatic hydroxyl groups is 1. The summed E-state index contributed by atoms with van der Waals surface area (Å²) in [5, 5.41) is 15.4. The molecular weight excluding hydrogens is 302 g/mol. The van der Waals surface area contributed by atoms with Gasteiger partial charge in [0.05, 0.1) is 22.5 Å². The predicted octanol–water partition coefficient (Wildman–Crippen LogP) is 3.93. The summed E-state index contributed by atoms with van der Waals surface area (Å²) in [7, 11) is 0. The van der Waals surface area contributed by atoms with Gasteiger partial charge in [-0.3, -0.25) is 4.68 Å². The van der Waals surface area contributed by atoms with E-state index in [1.807, 2.05) is 6.92 Å². The summed E-state index contributed by atoms with van der Waals surface area (Å²) in [6, 6.07) is 4.11. The predicted molar refractivity (Wildman–Crippen MR) is 77.7 cm³/mol. The first-order valence-corrected chi connectivity index (χ1v) is 7.04. The van der Waals surface area contributed by atoms with Crippen LogP contribution in [0.1, 0.15) is 30.0 Å². The highest BCUT2D eigenvalue weighted by Gasteiger charge is 2.20. The van der Waals surface area contributed by atoms with Gasteiger partial charge in [0.2, 0.25) is 0 Å². The lowest BCUT2D eigenvalue weighted by Gasteiger charge is -2.13. The maximum absolute atomic E-state index is 13.7. The molecule has 0 bridgehead atoms. The van der Waals surface area contributed by atoms with Gasteiger partial charge < -0.3 is 5.11 Å². The molecule has 1 unspecified atom stereocenters. The second-order valence-corrected chi connectivity index (χ2v) is 5.36. The molecule has 0 spiro atoms. The van der Waals surface area contributed by atoms with Crippen molar-refractivity contribution < 1.29 is 9.50 Å². The van der Waals surface area contributed by atoms with Crippen LogP contribution in [0.25, 0.3) is 0 Å². The smallest absolute Gasteiger partial charge is 0.129 e. The van der Waals surface area contributed by atoms with Crippen LogP contribution >= 0.6 is 23.2 Å². The van der Waals surface area contributed by atoms with E-state index in [9.17, 15) is 9.50 Å². The van der Waals surface area contributed by atoms with E-state index in [0.29, 0.717) is 28.0 Å². The Kier molecular flexibility index (Phi) is 4.68. The Morgan fingerprint density at radius 3 is 2.75 bits per heavy atom. The maximum atomic E-state index is 13.7. The van der Waals surface area contributed by atoms with E-state index in [-0.39, 0.29) is 12.0 Å². The van der Waals surface area contributed by atoms with Crippen molar-refractivity contribution in [1.29, 1.82) is 0 Å². The van der Waals surface area contributed by atoms with Crippen molar-refractivity contribution in [3.05, 3.63) is 51.0 Å². The van der Waals surface area contributed by atoms with E-state index in [4.69, 9.17) is 23.2 Å². The van der Waals surface area contributed by atoms with Crippen molar-refractivity contribution in [2.75, 3.05) is 0 Å². The summed E-state index contributed by atoms with van der Waals surface area (Å²) in [6.07, 6.45) is -0.835. The normalized spacial score (nSPS) is 12.7. The summed E-state index contributed by atoms with van der Waals surface area (Å²) < 4.78 is 15.4. The average Bonchev–Trinajstić information content (AvgIpc) is 2.69. The first-order valence-electron chi connectivity index (χ1n) is 6.28. The number of aryl methyl sites for hydroxylation is 2. The van der Waals surface area contributed by atoms with Crippen LogP contribution in [-0.2, 0) is 13.0 Å². The standard InChI is InChI=1S/C14H15Cl2FN2O/c1-3-19-12(14(16)8(2)18-19)7-13(20)10-6-9(15)4-5-11(10)17/h4-6,13,20H,3,7H2,1-2H3. The molecule has 2 rings (SSSR count). The lowest BCUT2D eigenvalue weighted by atomic mass is 10.0. The molecule has 0 fully saturated rings. The van der Waals surface area contributed by atoms with Crippen LogP contribution in [0.15, 0.2) is 18.2 Å². The van der Waals surface area contributed by atoms with Crippen molar-refractivity contribution in [1.82, 2.24) is 9.78 Å². The molecule has 108 valence electrons. The molecule has 1 aromatic heterocycles. The van der Waals surface area contributed by atoms with Crippen LogP contribution in [0, 0.1) is 12.7 Å². The van der Waals surface area contributed by atoms with E-state index in [2.05, 4.69) is 5.10 Å². The number of aliphatic hydroxyl groups excluding tert-OH is 1. The van der Waals surface area contributed by atoms with E-state index < -0.39 is 11.9 Å². The molecule has 3 nitrogen and oxygen atoms in total. The summed E-state index contributed by atoms with van der Waals surface area (Å²) in [5.74, 6) is -0.489. The topological polar surface area (TPSA) is 38.0 Å². The summed E-state index contributed by atoms with van der Waals surface area (Å²) in [5.41, 5.74) is 1.55. The Morgan fingerprint density at radius 2 is 2.10 bits per heavy atom. The molecular formula is C14H15Cl2FN2O. The number of benzene rings is 1. The van der Waals surface area contributed by atoms with Crippen LogP contribution in [0.4, 0.5) is 4.39 Å². The van der Waals surface area contributed by atoms with Gasteiger partial charge in [-0.05, 0) is 32.0 Å². The SMILES string of the molecule is CCn1nc(C)c(Cl)c1CC(O)c1cc(Cl)ccc1F. The molecule has 0 saturated carbocycles. The molecule has 0 aliphatic heterocycles. The highest BCUT2D eigenvalue weighted by Crippen LogP contribution is 2.28. The first-order chi connectivity index (χ1) is 9.43. The highest BCUT2D eigenvalue weighted by molar-refractivity contribution is 6.32. The van der Waals surface area contributed by atoms with Gasteiger partial charge in [-0.15, -0.1) is 0 Å². The van der Waals surface area contributed by atoms with Crippen molar-refractivity contribution in [3.8, 4) is 0 Å². The third-order valence-electron chi connectivity index (χ3n) is 3.16. The van der Waals surface area contributed by atoms with Crippen molar-refractivity contribution in [2.45, 2.75) is 32.9 Å². The van der Waals surface area contributed by atoms with Crippen LogP contribution in [0.5, 0.6) is 0 Å². The van der Waals surface area contributed by atoms with Crippen LogP contribution in [-0.4, -0.2) is 14.9 Å². The highest BCUT2D eigenvalue weighted by atomic mass is 35.5. The Labute approximate surface area is 126 Å². The zero-order valence-corrected chi connectivity index (χ0v) is 12.7. The average molecular weight is 317 g/mol. The van der Waals surface area contributed by atoms with Gasteiger partial charge in [0.25, 0.3) is 0 Å². The lowest BCUT2D eigenvalue weighted by Crippen LogP contribution is -2.10. The minimum atomic E-state index is -1.02. The van der Waals surface area contributed by atoms with Gasteiger partial charge in [0, 0.05) is 23.6 Å². The molecule has 0 radical (unpaired) electrons. The van der Waals surface area contributed by atoms with E-state index >= 15 is 0 Å². The molecule has 1 N–H and O–H groups in total. The second kappa shape index (κ2) is 6.12. The van der Waals surface area contributed by atoms with Crippen LogP contribution < -0.4 is 0 Å². The summed E-state index contributed by atoms with van der Waals surface area (Å²) >= 11 is 12.0. The number of halogens is 3. The molecule has 0 aliphatic carbocycles. The molecule has 2 aromatic rings. The minimum absolute atomic E-state index is 0.162. The van der Waals surface area contributed by atoms with Crippen LogP contribution in [0.2, 0.25) is 10.0 Å². The molecule has 0 amide bonds. The quantitative estimate of drug-likeness (QED) is 0.928. The minimum Gasteiger partial charge on any atom is -0.388 e. The maximum Gasteiger partial charge on any atom is 0.129 e. The Bertz CT molecular complexity index is 628. The number of nitrogens with zero attached hydrogens (tertiary/aromatic N) is 2. The Hall–Kier alpha value is -1.10. The molecule has 1 atom stereocenters. The van der Waals surface area contributed by atoms with Gasteiger partial charge in [-0.1, -0.05) is 23.2 Å². The fraction of sp³-hybridized carbons (Fsp3) is 0.357. The van der Waals surface area contributed by atoms with Gasteiger partial charge in [0.15, 0.2) is 0 Å². The van der Waals surface area contributed by atoms with Crippen molar-refractivity contribution >= 4 is 23.2 Å². The van der Waals surface area contributed by atoms with Gasteiger partial charge in [-0.2, -0.15) is 5.10 Å². The molecule has 0 aliphatic rings. The van der Waals surface area contributed by atoms with Crippen molar-refractivity contribution in [3.63, 3.8) is 0 Å². The van der Waals surface area contributed by atoms with Crippen LogP contribution in [0.3, 0.4) is 0 Å². The largest absolute Gasteiger partial charge is 0.388 e.